The fourth-order valence-electron chi connectivity index (χ4n) is 4.55. The molecule has 176 valence electrons. The van der Waals surface area contributed by atoms with Crippen LogP contribution in [-0.2, 0) is 5.41 Å². The van der Waals surface area contributed by atoms with Gasteiger partial charge in [-0.25, -0.2) is 0 Å². The summed E-state index contributed by atoms with van der Waals surface area (Å²) < 4.78 is 10.9. The van der Waals surface area contributed by atoms with Crippen molar-refractivity contribution in [1.29, 1.82) is 5.26 Å². The molecule has 0 aromatic heterocycles. The second-order valence-electron chi connectivity index (χ2n) is 8.83. The fourth-order valence-corrected chi connectivity index (χ4v) is 4.55. The van der Waals surface area contributed by atoms with E-state index in [1.54, 1.807) is 14.2 Å². The van der Waals surface area contributed by atoms with Crippen molar-refractivity contribution >= 4 is 12.4 Å². The smallest absolute Gasteiger partial charge is 0.161 e. The number of methoxy groups -OCH3 is 2. The van der Waals surface area contributed by atoms with Crippen molar-refractivity contribution in [2.24, 2.45) is 5.92 Å². The summed E-state index contributed by atoms with van der Waals surface area (Å²) >= 11 is 0. The van der Waals surface area contributed by atoms with Crippen LogP contribution in [0.25, 0.3) is 0 Å². The number of ether oxygens (including phenoxy) is 2. The molecule has 1 saturated heterocycles. The van der Waals surface area contributed by atoms with Gasteiger partial charge in [-0.15, -0.1) is 12.4 Å². The van der Waals surface area contributed by atoms with Crippen molar-refractivity contribution in [2.45, 2.75) is 70.8 Å². The van der Waals surface area contributed by atoms with Crippen molar-refractivity contribution < 1.29 is 9.47 Å². The monoisotopic (exact) mass is 451 g/mol. The second-order valence-corrected chi connectivity index (χ2v) is 8.83. The van der Waals surface area contributed by atoms with Gasteiger partial charge in [0.25, 0.3) is 0 Å². The number of rotatable bonds is 12. The number of benzene rings is 1. The van der Waals surface area contributed by atoms with Crippen LogP contribution in [0.5, 0.6) is 11.5 Å². The Kier molecular flexibility index (Phi) is 12.3. The zero-order chi connectivity index (χ0) is 22.0. The van der Waals surface area contributed by atoms with Gasteiger partial charge in [-0.1, -0.05) is 33.3 Å². The Balaban J connectivity index is 0.00000480. The summed E-state index contributed by atoms with van der Waals surface area (Å²) in [5.41, 5.74) is 0.510. The fraction of sp³-hybridized carbons (Fsp3) is 0.720. The third-order valence-electron chi connectivity index (χ3n) is 6.68. The van der Waals surface area contributed by atoms with Gasteiger partial charge < -0.3 is 19.7 Å². The highest BCUT2D eigenvalue weighted by Gasteiger charge is 2.36. The zero-order valence-electron chi connectivity index (χ0n) is 20.1. The Morgan fingerprint density at radius 2 is 1.84 bits per heavy atom. The lowest BCUT2D eigenvalue weighted by molar-refractivity contribution is 0.188. The van der Waals surface area contributed by atoms with Crippen molar-refractivity contribution in [2.75, 3.05) is 40.4 Å². The molecule has 1 aromatic carbocycles. The van der Waals surface area contributed by atoms with Crippen molar-refractivity contribution in [3.05, 3.63) is 23.8 Å². The number of nitrogens with one attached hydrogen (secondary N) is 1. The SMILES string of the molecule is CCCCNC1CCN(CCCC(C#N)(c2ccc(OC)c(OC)c2)C(C)C)CC1.Cl. The molecule has 1 heterocycles. The number of nitrogens with zero attached hydrogens (tertiary/aromatic N) is 2. The van der Waals surface area contributed by atoms with Crippen LogP contribution in [0, 0.1) is 17.2 Å². The molecular formula is C25H42ClN3O2. The summed E-state index contributed by atoms with van der Waals surface area (Å²) in [6.45, 7) is 11.0. The van der Waals surface area contributed by atoms with Crippen molar-refractivity contribution in [3.63, 3.8) is 0 Å². The van der Waals surface area contributed by atoms with Gasteiger partial charge in [0.05, 0.1) is 25.7 Å². The van der Waals surface area contributed by atoms with Gasteiger partial charge in [0.2, 0.25) is 0 Å². The third kappa shape index (κ3) is 7.27. The first kappa shape index (κ1) is 27.6. The maximum atomic E-state index is 10.2. The number of hydrogen-bond acceptors (Lipinski definition) is 5. The van der Waals surface area contributed by atoms with Crippen LogP contribution in [0.4, 0.5) is 0 Å². The molecule has 6 heteroatoms. The minimum absolute atomic E-state index is 0. The molecule has 31 heavy (non-hydrogen) atoms. The van der Waals surface area contributed by atoms with E-state index in [1.165, 1.54) is 25.7 Å². The van der Waals surface area contributed by atoms with Crippen LogP contribution in [0.3, 0.4) is 0 Å². The topological polar surface area (TPSA) is 57.5 Å². The molecule has 1 aliphatic heterocycles. The average Bonchev–Trinajstić information content (AvgIpc) is 2.77. The van der Waals surface area contributed by atoms with E-state index in [4.69, 9.17) is 9.47 Å². The highest BCUT2D eigenvalue weighted by molar-refractivity contribution is 5.85. The highest BCUT2D eigenvalue weighted by atomic mass is 35.5. The zero-order valence-corrected chi connectivity index (χ0v) is 20.9. The lowest BCUT2D eigenvalue weighted by Crippen LogP contribution is -2.43. The van der Waals surface area contributed by atoms with Gasteiger partial charge >= 0.3 is 0 Å². The van der Waals surface area contributed by atoms with Gasteiger partial charge in [0.1, 0.15) is 0 Å². The van der Waals surface area contributed by atoms with Crippen LogP contribution in [0.2, 0.25) is 0 Å². The minimum atomic E-state index is -0.514. The standard InChI is InChI=1S/C25H41N3O2.ClH/c1-6-7-14-27-22-11-16-28(17-12-22)15-8-13-25(19-26,20(2)3)21-9-10-23(29-4)24(18-21)30-5;/h9-10,18,20,22,27H,6-8,11-17H2,1-5H3;1H. The Morgan fingerprint density at radius 1 is 1.16 bits per heavy atom. The molecule has 0 amide bonds. The summed E-state index contributed by atoms with van der Waals surface area (Å²) in [6, 6.07) is 9.27. The van der Waals surface area contributed by atoms with Gasteiger partial charge in [-0.2, -0.15) is 5.26 Å². The van der Waals surface area contributed by atoms with E-state index < -0.39 is 5.41 Å². The molecule has 1 unspecified atom stereocenters. The predicted molar refractivity (Wildman–Crippen MR) is 131 cm³/mol. The summed E-state index contributed by atoms with van der Waals surface area (Å²) in [7, 11) is 3.28. The summed E-state index contributed by atoms with van der Waals surface area (Å²) in [5.74, 6) is 1.61. The molecule has 0 bridgehead atoms. The second kappa shape index (κ2) is 13.8. The van der Waals surface area contributed by atoms with Gasteiger partial charge in [-0.3, -0.25) is 0 Å². The van der Waals surface area contributed by atoms with E-state index in [0.717, 1.165) is 44.6 Å². The number of hydrogen-bond donors (Lipinski definition) is 1. The molecular weight excluding hydrogens is 410 g/mol. The molecule has 0 spiro atoms. The van der Waals surface area contributed by atoms with Crippen LogP contribution in [0.15, 0.2) is 18.2 Å². The van der Waals surface area contributed by atoms with E-state index in [1.807, 2.05) is 18.2 Å². The average molecular weight is 452 g/mol. The van der Waals surface area contributed by atoms with E-state index >= 15 is 0 Å². The van der Waals surface area contributed by atoms with E-state index in [9.17, 15) is 5.26 Å². The number of piperidine rings is 1. The number of unbranched alkanes of at least 4 members (excludes halogenated alkanes) is 1. The van der Waals surface area contributed by atoms with Gasteiger partial charge in [0.15, 0.2) is 11.5 Å². The van der Waals surface area contributed by atoms with Crippen molar-refractivity contribution in [1.82, 2.24) is 10.2 Å². The van der Waals surface area contributed by atoms with E-state index in [0.29, 0.717) is 17.5 Å². The molecule has 2 rings (SSSR count). The van der Waals surface area contributed by atoms with Crippen LogP contribution < -0.4 is 14.8 Å². The minimum Gasteiger partial charge on any atom is -0.493 e. The van der Waals surface area contributed by atoms with E-state index in [2.05, 4.69) is 37.1 Å². The summed E-state index contributed by atoms with van der Waals surface area (Å²) in [6.07, 6.45) is 6.85. The largest absolute Gasteiger partial charge is 0.493 e. The first-order chi connectivity index (χ1) is 14.5. The van der Waals surface area contributed by atoms with Gasteiger partial charge in [0, 0.05) is 6.04 Å². The molecule has 5 nitrogen and oxygen atoms in total. The predicted octanol–water partition coefficient (Wildman–Crippen LogP) is 5.18. The molecule has 1 aromatic rings. The van der Waals surface area contributed by atoms with Crippen LogP contribution in [-0.4, -0.2) is 51.3 Å². The summed E-state index contributed by atoms with van der Waals surface area (Å²) in [4.78, 5) is 2.56. The summed E-state index contributed by atoms with van der Waals surface area (Å²) in [5, 5.41) is 13.9. The molecule has 1 N–H and O–H groups in total. The lowest BCUT2D eigenvalue weighted by atomic mass is 9.69. The maximum absolute atomic E-state index is 10.2. The quantitative estimate of drug-likeness (QED) is 0.444. The maximum Gasteiger partial charge on any atom is 0.161 e. The Hall–Kier alpha value is -1.48. The number of likely N-dealkylation sites (tertiary alicyclic amines) is 1. The molecule has 1 atom stereocenters. The number of nitriles is 1. The normalized spacial score (nSPS) is 16.9. The lowest BCUT2D eigenvalue weighted by Gasteiger charge is -2.35. The molecule has 0 aliphatic carbocycles. The third-order valence-corrected chi connectivity index (χ3v) is 6.68. The van der Waals surface area contributed by atoms with Crippen molar-refractivity contribution in [3.8, 4) is 17.6 Å². The van der Waals surface area contributed by atoms with Gasteiger partial charge in [-0.05, 0) is 81.9 Å². The Labute approximate surface area is 195 Å². The van der Waals surface area contributed by atoms with Crippen LogP contribution >= 0.6 is 12.4 Å². The van der Waals surface area contributed by atoms with E-state index in [-0.39, 0.29) is 18.3 Å². The molecule has 1 aliphatic rings. The first-order valence-corrected chi connectivity index (χ1v) is 11.6. The highest BCUT2D eigenvalue weighted by Crippen LogP contribution is 2.40. The molecule has 1 fully saturated rings. The number of halogens is 1. The first-order valence-electron chi connectivity index (χ1n) is 11.6. The Bertz CT molecular complexity index is 684. The Morgan fingerprint density at radius 3 is 2.39 bits per heavy atom. The van der Waals surface area contributed by atoms with Crippen LogP contribution in [0.1, 0.15) is 64.9 Å². The molecule has 0 radical (unpaired) electrons. The molecule has 0 saturated carbocycles.